The first kappa shape index (κ1) is 19.0. The van der Waals surface area contributed by atoms with Gasteiger partial charge in [0, 0.05) is 25.1 Å². The van der Waals surface area contributed by atoms with Crippen LogP contribution in [0.25, 0.3) is 16.8 Å². The highest BCUT2D eigenvalue weighted by molar-refractivity contribution is 7.08. The number of imidazole rings is 1. The van der Waals surface area contributed by atoms with E-state index in [-0.39, 0.29) is 12.1 Å². The number of urea groups is 1. The number of nitrogens with zero attached hydrogens (tertiary/aromatic N) is 2. The topological polar surface area (TPSA) is 59.0 Å². The first-order valence-electron chi connectivity index (χ1n) is 9.43. The van der Waals surface area contributed by atoms with Gasteiger partial charge in [0.2, 0.25) is 0 Å². The van der Waals surface area contributed by atoms with E-state index in [1.807, 2.05) is 29.0 Å². The van der Waals surface area contributed by atoms with Crippen LogP contribution in [0.1, 0.15) is 17.4 Å². The first-order chi connectivity index (χ1) is 14.2. The van der Waals surface area contributed by atoms with Gasteiger partial charge in [0.25, 0.3) is 0 Å². The molecule has 0 fully saturated rings. The van der Waals surface area contributed by atoms with Gasteiger partial charge in [-0.15, -0.1) is 0 Å². The van der Waals surface area contributed by atoms with E-state index in [2.05, 4.69) is 68.8 Å². The predicted molar refractivity (Wildman–Crippen MR) is 117 cm³/mol. The molecule has 1 unspecified atom stereocenters. The Morgan fingerprint density at radius 3 is 2.55 bits per heavy atom. The van der Waals surface area contributed by atoms with E-state index in [1.54, 1.807) is 24.6 Å². The largest absolute Gasteiger partial charge is 0.341 e. The molecule has 0 aliphatic heterocycles. The zero-order chi connectivity index (χ0) is 20.1. The van der Waals surface area contributed by atoms with Crippen molar-refractivity contribution in [3.05, 3.63) is 95.2 Å². The summed E-state index contributed by atoms with van der Waals surface area (Å²) in [4.78, 5) is 16.6. The number of thiophene rings is 1. The molecule has 0 aliphatic rings. The van der Waals surface area contributed by atoms with E-state index >= 15 is 0 Å². The lowest BCUT2D eigenvalue weighted by molar-refractivity contribution is 0.238. The van der Waals surface area contributed by atoms with Crippen LogP contribution < -0.4 is 10.6 Å². The smallest absolute Gasteiger partial charge is 0.315 e. The van der Waals surface area contributed by atoms with Crippen molar-refractivity contribution in [2.75, 3.05) is 7.05 Å². The van der Waals surface area contributed by atoms with Crippen LogP contribution in [0.2, 0.25) is 0 Å². The molecule has 4 rings (SSSR count). The summed E-state index contributed by atoms with van der Waals surface area (Å²) in [6, 6.07) is 20.1. The molecule has 0 saturated heterocycles. The van der Waals surface area contributed by atoms with E-state index in [0.717, 1.165) is 17.1 Å². The van der Waals surface area contributed by atoms with Crippen molar-refractivity contribution in [1.82, 2.24) is 20.2 Å². The van der Waals surface area contributed by atoms with Gasteiger partial charge < -0.3 is 15.2 Å². The molecule has 0 saturated carbocycles. The molecule has 0 spiro atoms. The number of hydrogen-bond donors (Lipinski definition) is 2. The lowest BCUT2D eigenvalue weighted by Gasteiger charge is -2.20. The molecule has 29 heavy (non-hydrogen) atoms. The molecule has 0 bridgehead atoms. The molecule has 2 aromatic carbocycles. The summed E-state index contributed by atoms with van der Waals surface area (Å²) in [5.41, 5.74) is 4.54. The fourth-order valence-electron chi connectivity index (χ4n) is 3.32. The van der Waals surface area contributed by atoms with Gasteiger partial charge in [0.05, 0.1) is 6.04 Å². The fraction of sp³-hybridized carbons (Fsp3) is 0.130. The molecule has 4 aromatic rings. The number of amides is 2. The molecular formula is C23H22N4OS. The molecule has 0 radical (unpaired) electrons. The van der Waals surface area contributed by atoms with E-state index in [9.17, 15) is 4.79 Å². The number of aromatic nitrogens is 2. The van der Waals surface area contributed by atoms with Crippen LogP contribution in [-0.4, -0.2) is 22.6 Å². The SMILES string of the molecule is CNC(=O)NC(Cc1ccccc1)c1nccn1-c1ccc(-c2ccsc2)cc1. The summed E-state index contributed by atoms with van der Waals surface area (Å²) in [5.74, 6) is 0.792. The average Bonchev–Trinajstić information content (AvgIpc) is 3.46. The van der Waals surface area contributed by atoms with Crippen molar-refractivity contribution in [2.24, 2.45) is 0 Å². The summed E-state index contributed by atoms with van der Waals surface area (Å²) in [6.07, 6.45) is 4.35. The highest BCUT2D eigenvalue weighted by Gasteiger charge is 2.20. The number of hydrogen-bond acceptors (Lipinski definition) is 3. The van der Waals surface area contributed by atoms with Crippen LogP contribution >= 0.6 is 11.3 Å². The minimum Gasteiger partial charge on any atom is -0.341 e. The second-order valence-electron chi connectivity index (χ2n) is 6.68. The third-order valence-electron chi connectivity index (χ3n) is 4.80. The van der Waals surface area contributed by atoms with Crippen LogP contribution in [-0.2, 0) is 6.42 Å². The van der Waals surface area contributed by atoms with Crippen LogP contribution in [0, 0.1) is 0 Å². The minimum absolute atomic E-state index is 0.228. The Morgan fingerprint density at radius 2 is 1.86 bits per heavy atom. The van der Waals surface area contributed by atoms with Crippen molar-refractivity contribution < 1.29 is 4.79 Å². The van der Waals surface area contributed by atoms with Crippen molar-refractivity contribution in [3.8, 4) is 16.8 Å². The van der Waals surface area contributed by atoms with Crippen LogP contribution in [0.15, 0.2) is 83.8 Å². The highest BCUT2D eigenvalue weighted by atomic mass is 32.1. The van der Waals surface area contributed by atoms with Gasteiger partial charge in [-0.1, -0.05) is 42.5 Å². The van der Waals surface area contributed by atoms with Crippen LogP contribution in [0.5, 0.6) is 0 Å². The number of benzene rings is 2. The molecule has 146 valence electrons. The minimum atomic E-state index is -0.260. The monoisotopic (exact) mass is 402 g/mol. The molecule has 6 heteroatoms. The number of rotatable bonds is 6. The van der Waals surface area contributed by atoms with Crippen molar-refractivity contribution in [2.45, 2.75) is 12.5 Å². The number of carbonyl (C=O) groups excluding carboxylic acids is 1. The molecule has 2 N–H and O–H groups in total. The van der Waals surface area contributed by atoms with Crippen molar-refractivity contribution in [3.63, 3.8) is 0 Å². The van der Waals surface area contributed by atoms with Gasteiger partial charge in [0.1, 0.15) is 5.82 Å². The van der Waals surface area contributed by atoms with Crippen molar-refractivity contribution in [1.29, 1.82) is 0 Å². The summed E-state index contributed by atoms with van der Waals surface area (Å²) in [5, 5.41) is 9.89. The predicted octanol–water partition coefficient (Wildman–Crippen LogP) is 4.81. The zero-order valence-corrected chi connectivity index (χ0v) is 16.9. The molecule has 2 amide bonds. The highest BCUT2D eigenvalue weighted by Crippen LogP contribution is 2.25. The molecular weight excluding hydrogens is 380 g/mol. The summed E-state index contributed by atoms with van der Waals surface area (Å²) in [6.45, 7) is 0. The normalized spacial score (nSPS) is 11.8. The van der Waals surface area contributed by atoms with Gasteiger partial charge >= 0.3 is 6.03 Å². The maximum Gasteiger partial charge on any atom is 0.315 e. The van der Waals surface area contributed by atoms with Gasteiger partial charge in [-0.25, -0.2) is 9.78 Å². The van der Waals surface area contributed by atoms with Gasteiger partial charge in [-0.3, -0.25) is 0 Å². The van der Waals surface area contributed by atoms with Gasteiger partial charge in [0.15, 0.2) is 0 Å². The Labute approximate surface area is 174 Å². The molecule has 1 atom stereocenters. The van der Waals surface area contributed by atoms with E-state index in [4.69, 9.17) is 0 Å². The third-order valence-corrected chi connectivity index (χ3v) is 5.48. The van der Waals surface area contributed by atoms with E-state index in [0.29, 0.717) is 6.42 Å². The van der Waals surface area contributed by atoms with E-state index < -0.39 is 0 Å². The maximum absolute atomic E-state index is 12.1. The van der Waals surface area contributed by atoms with Crippen molar-refractivity contribution >= 4 is 17.4 Å². The molecule has 2 heterocycles. The Balaban J connectivity index is 1.64. The second-order valence-corrected chi connectivity index (χ2v) is 7.46. The summed E-state index contributed by atoms with van der Waals surface area (Å²) < 4.78 is 2.03. The maximum atomic E-state index is 12.1. The summed E-state index contributed by atoms with van der Waals surface area (Å²) >= 11 is 1.69. The quantitative estimate of drug-likeness (QED) is 0.486. The Kier molecular flexibility index (Phi) is 5.72. The molecule has 2 aromatic heterocycles. The van der Waals surface area contributed by atoms with Gasteiger partial charge in [-0.2, -0.15) is 11.3 Å². The lowest BCUT2D eigenvalue weighted by atomic mass is 10.0. The zero-order valence-electron chi connectivity index (χ0n) is 16.1. The Bertz CT molecular complexity index is 1060. The number of carbonyl (C=O) groups is 1. The Morgan fingerprint density at radius 1 is 1.07 bits per heavy atom. The van der Waals surface area contributed by atoms with E-state index in [1.165, 1.54) is 11.1 Å². The van der Waals surface area contributed by atoms with Crippen LogP contribution in [0.3, 0.4) is 0 Å². The number of nitrogens with one attached hydrogen (secondary N) is 2. The average molecular weight is 403 g/mol. The summed E-state index contributed by atoms with van der Waals surface area (Å²) in [7, 11) is 1.62. The van der Waals surface area contributed by atoms with Crippen LogP contribution in [0.4, 0.5) is 4.79 Å². The molecule has 5 nitrogen and oxygen atoms in total. The third kappa shape index (κ3) is 4.38. The fourth-order valence-corrected chi connectivity index (χ4v) is 3.99. The first-order valence-corrected chi connectivity index (χ1v) is 10.4. The van der Waals surface area contributed by atoms with Gasteiger partial charge in [-0.05, 0) is 52.1 Å². The molecule has 0 aliphatic carbocycles. The lowest BCUT2D eigenvalue weighted by Crippen LogP contribution is -2.37. The Hall–Kier alpha value is -3.38. The standard InChI is InChI=1S/C23H22N4OS/c1-24-23(28)26-21(15-17-5-3-2-4-6-17)22-25-12-13-27(22)20-9-7-18(8-10-20)19-11-14-29-16-19/h2-14,16,21H,15H2,1H3,(H2,24,26,28). The second kappa shape index (κ2) is 8.75.